The first-order valence-corrected chi connectivity index (χ1v) is 10.2. The Morgan fingerprint density at radius 1 is 0.846 bits per heavy atom. The summed E-state index contributed by atoms with van der Waals surface area (Å²) in [5, 5.41) is 8.87. The lowest BCUT2D eigenvalue weighted by Gasteiger charge is -2.43. The van der Waals surface area contributed by atoms with Gasteiger partial charge < -0.3 is 21.7 Å². The number of amides is 3. The molecule has 2 unspecified atom stereocenters. The number of urea groups is 1. The smallest absolute Gasteiger partial charge is 0.315 e. The first kappa shape index (κ1) is 21.3. The topological polar surface area (TPSA) is 96.2 Å². The predicted octanol–water partition coefficient (Wildman–Crippen LogP) is 2.31. The quantitative estimate of drug-likeness (QED) is 0.546. The minimum atomic E-state index is -0.112. The molecule has 150 valence electrons. The van der Waals surface area contributed by atoms with Crippen LogP contribution in [-0.2, 0) is 4.79 Å². The van der Waals surface area contributed by atoms with E-state index in [4.69, 9.17) is 5.73 Å². The summed E-state index contributed by atoms with van der Waals surface area (Å²) in [7, 11) is 0. The van der Waals surface area contributed by atoms with Crippen molar-refractivity contribution in [2.24, 2.45) is 23.5 Å². The summed E-state index contributed by atoms with van der Waals surface area (Å²) >= 11 is 0. The van der Waals surface area contributed by atoms with Crippen LogP contribution in [0.3, 0.4) is 0 Å². The summed E-state index contributed by atoms with van der Waals surface area (Å²) in [6, 6.07) is 0.497. The highest BCUT2D eigenvalue weighted by Gasteiger charge is 2.40. The monoisotopic (exact) mass is 386 g/mol. The first-order chi connectivity index (χ1) is 12.1. The number of nitrogens with one attached hydrogen (secondary N) is 3. The van der Waals surface area contributed by atoms with Gasteiger partial charge in [-0.15, -0.1) is 12.4 Å². The molecule has 26 heavy (non-hydrogen) atoms. The number of carbonyl (C=O) groups is 2. The van der Waals surface area contributed by atoms with Crippen LogP contribution < -0.4 is 21.7 Å². The molecule has 2 atom stereocenters. The van der Waals surface area contributed by atoms with Gasteiger partial charge in [-0.1, -0.05) is 25.7 Å². The van der Waals surface area contributed by atoms with Crippen LogP contribution in [-0.4, -0.2) is 37.1 Å². The van der Waals surface area contributed by atoms with Gasteiger partial charge in [-0.2, -0.15) is 0 Å². The lowest BCUT2D eigenvalue weighted by molar-refractivity contribution is -0.127. The van der Waals surface area contributed by atoms with E-state index in [0.717, 1.165) is 25.7 Å². The van der Waals surface area contributed by atoms with Gasteiger partial charge in [-0.05, 0) is 50.4 Å². The Balaban J connectivity index is 0.00000243. The van der Waals surface area contributed by atoms with Gasteiger partial charge >= 0.3 is 6.03 Å². The van der Waals surface area contributed by atoms with Crippen molar-refractivity contribution < 1.29 is 9.59 Å². The molecule has 0 aromatic carbocycles. The van der Waals surface area contributed by atoms with Crippen molar-refractivity contribution in [2.75, 3.05) is 13.1 Å². The molecule has 0 radical (unpaired) electrons. The van der Waals surface area contributed by atoms with Crippen LogP contribution in [0, 0.1) is 17.8 Å². The van der Waals surface area contributed by atoms with Crippen LogP contribution >= 0.6 is 12.4 Å². The molecule has 3 aliphatic rings. The zero-order chi connectivity index (χ0) is 17.6. The Hall–Kier alpha value is -1.01. The Morgan fingerprint density at radius 2 is 1.46 bits per heavy atom. The Morgan fingerprint density at radius 3 is 2.12 bits per heavy atom. The van der Waals surface area contributed by atoms with Gasteiger partial charge in [0.25, 0.3) is 0 Å². The van der Waals surface area contributed by atoms with Crippen molar-refractivity contribution in [3.05, 3.63) is 0 Å². The summed E-state index contributed by atoms with van der Waals surface area (Å²) in [4.78, 5) is 24.3. The van der Waals surface area contributed by atoms with E-state index in [0.29, 0.717) is 37.0 Å². The Kier molecular flexibility index (Phi) is 8.48. The van der Waals surface area contributed by atoms with Gasteiger partial charge in [0.05, 0.1) is 0 Å². The maximum atomic E-state index is 12.4. The molecule has 2 bridgehead atoms. The van der Waals surface area contributed by atoms with Crippen molar-refractivity contribution >= 4 is 24.3 Å². The van der Waals surface area contributed by atoms with Crippen molar-refractivity contribution in [1.29, 1.82) is 0 Å². The second-order valence-electron chi connectivity index (χ2n) is 8.22. The zero-order valence-electron chi connectivity index (χ0n) is 15.7. The molecule has 3 fully saturated rings. The molecule has 0 aromatic heterocycles. The fraction of sp³-hybridized carbons (Fsp3) is 0.895. The molecule has 3 saturated carbocycles. The largest absolute Gasteiger partial charge is 0.354 e. The first-order valence-electron chi connectivity index (χ1n) is 10.2. The molecule has 7 heteroatoms. The molecular weight excluding hydrogens is 352 g/mol. The van der Waals surface area contributed by atoms with Crippen LogP contribution in [0.1, 0.15) is 64.2 Å². The van der Waals surface area contributed by atoms with Crippen molar-refractivity contribution in [1.82, 2.24) is 16.0 Å². The molecule has 0 spiro atoms. The van der Waals surface area contributed by atoms with Gasteiger partial charge in [-0.25, -0.2) is 4.79 Å². The standard InChI is InChI=1S/C19H34N4O2.ClH/c20-17-13-5-4-6-14(17)12-15(11-13)18(24)21-9-10-22-19(25)23-16-7-2-1-3-8-16;/h13-17H,1-12,20H2,(H,21,24)(H2,22,23,25);1H. The van der Waals surface area contributed by atoms with Gasteiger partial charge in [0.2, 0.25) is 5.91 Å². The predicted molar refractivity (Wildman–Crippen MR) is 105 cm³/mol. The number of nitrogens with two attached hydrogens (primary N) is 1. The molecule has 0 aliphatic heterocycles. The van der Waals surface area contributed by atoms with Gasteiger partial charge in [0.1, 0.15) is 0 Å². The van der Waals surface area contributed by atoms with Gasteiger partial charge in [0, 0.05) is 31.1 Å². The van der Waals surface area contributed by atoms with E-state index < -0.39 is 0 Å². The van der Waals surface area contributed by atoms with E-state index in [2.05, 4.69) is 16.0 Å². The highest BCUT2D eigenvalue weighted by atomic mass is 35.5. The van der Waals surface area contributed by atoms with Crippen molar-refractivity contribution in [2.45, 2.75) is 76.3 Å². The zero-order valence-corrected chi connectivity index (χ0v) is 16.5. The third-order valence-electron chi connectivity index (χ3n) is 6.43. The second kappa shape index (κ2) is 10.4. The molecule has 0 aromatic rings. The van der Waals surface area contributed by atoms with E-state index in [1.807, 2.05) is 0 Å². The summed E-state index contributed by atoms with van der Waals surface area (Å²) in [5.74, 6) is 1.27. The molecule has 0 saturated heterocycles. The van der Waals surface area contributed by atoms with E-state index in [1.165, 1.54) is 38.5 Å². The van der Waals surface area contributed by atoms with E-state index in [-0.39, 0.29) is 30.3 Å². The lowest BCUT2D eigenvalue weighted by atomic mass is 9.65. The summed E-state index contributed by atoms with van der Waals surface area (Å²) in [5.41, 5.74) is 6.29. The second-order valence-corrected chi connectivity index (χ2v) is 8.22. The highest BCUT2D eigenvalue weighted by molar-refractivity contribution is 5.85. The Bertz CT molecular complexity index is 456. The number of carbonyl (C=O) groups excluding carboxylic acids is 2. The summed E-state index contributed by atoms with van der Waals surface area (Å²) < 4.78 is 0. The van der Waals surface area contributed by atoms with Crippen molar-refractivity contribution in [3.63, 3.8) is 0 Å². The fourth-order valence-corrected chi connectivity index (χ4v) is 4.99. The minimum absolute atomic E-state index is 0. The maximum Gasteiger partial charge on any atom is 0.315 e. The number of hydrogen-bond acceptors (Lipinski definition) is 3. The van der Waals surface area contributed by atoms with Crippen LogP contribution in [0.4, 0.5) is 4.79 Å². The van der Waals surface area contributed by atoms with Crippen molar-refractivity contribution in [3.8, 4) is 0 Å². The molecule has 3 aliphatic carbocycles. The fourth-order valence-electron chi connectivity index (χ4n) is 4.99. The number of hydrogen-bond donors (Lipinski definition) is 4. The van der Waals surface area contributed by atoms with Crippen LogP contribution in [0.2, 0.25) is 0 Å². The van der Waals surface area contributed by atoms with Crippen LogP contribution in [0.15, 0.2) is 0 Å². The highest BCUT2D eigenvalue weighted by Crippen LogP contribution is 2.41. The third-order valence-corrected chi connectivity index (χ3v) is 6.43. The molecule has 3 rings (SSSR count). The minimum Gasteiger partial charge on any atom is -0.354 e. The lowest BCUT2D eigenvalue weighted by Crippen LogP contribution is -2.50. The summed E-state index contributed by atoms with van der Waals surface area (Å²) in [6.07, 6.45) is 11.3. The number of halogens is 1. The van der Waals surface area contributed by atoms with E-state index in [9.17, 15) is 9.59 Å². The number of fused-ring (bicyclic) bond motifs is 2. The summed E-state index contributed by atoms with van der Waals surface area (Å²) in [6.45, 7) is 0.970. The maximum absolute atomic E-state index is 12.4. The van der Waals surface area contributed by atoms with Crippen LogP contribution in [0.5, 0.6) is 0 Å². The SMILES string of the molecule is Cl.NC1C2CCCC1CC(C(=O)NCCNC(=O)NC1CCCCC1)C2. The van der Waals surface area contributed by atoms with Crippen LogP contribution in [0.25, 0.3) is 0 Å². The van der Waals surface area contributed by atoms with Gasteiger partial charge in [-0.3, -0.25) is 4.79 Å². The van der Waals surface area contributed by atoms with Gasteiger partial charge in [0.15, 0.2) is 0 Å². The average molecular weight is 387 g/mol. The molecule has 3 amide bonds. The molecule has 6 nitrogen and oxygen atoms in total. The Labute approximate surface area is 163 Å². The number of rotatable bonds is 5. The molecule has 5 N–H and O–H groups in total. The normalized spacial score (nSPS) is 31.4. The molecular formula is C19H35ClN4O2. The third kappa shape index (κ3) is 5.74. The molecule has 0 heterocycles. The van der Waals surface area contributed by atoms with E-state index >= 15 is 0 Å². The van der Waals surface area contributed by atoms with E-state index in [1.54, 1.807) is 0 Å². The average Bonchev–Trinajstić information content (AvgIpc) is 2.59.